The Morgan fingerprint density at radius 2 is 0.566 bits per heavy atom. The van der Waals surface area contributed by atoms with Crippen molar-refractivity contribution in [1.29, 1.82) is 0 Å². The lowest BCUT2D eigenvalue weighted by atomic mass is 9.71. The standard InChI is InChI=1S/C82H56O/c1-81(2)68-47-52(72-60-37-20-16-33-56(60)70(50-27-10-6-11-28-50)57-34-17-21-38-61(57)72)43-45-65(68)74-75-67-42-24-41-64(55-32-15-14-31-54(55)49-25-8-5-9-26-49)79(67)83-80(75)76-66-46-44-53(48-69(66)82(3,4)78(76)77(74)81)73-62-39-22-18-35-58(62)71(51-29-12-7-13-30-51)59-36-19-23-40-63(59)73/h5-48H,1-4H3. The van der Waals surface area contributed by atoms with E-state index in [1.807, 2.05) is 0 Å². The van der Waals surface area contributed by atoms with Crippen LogP contribution in [0, 0.1) is 0 Å². The summed E-state index contributed by atoms with van der Waals surface area (Å²) in [5.74, 6) is 0. The third-order valence-corrected chi connectivity index (χ3v) is 19.0. The van der Waals surface area contributed by atoms with Gasteiger partial charge in [-0.25, -0.2) is 0 Å². The van der Waals surface area contributed by atoms with Crippen molar-refractivity contribution in [3.8, 4) is 89.0 Å². The zero-order chi connectivity index (χ0) is 55.3. The van der Waals surface area contributed by atoms with Crippen LogP contribution in [-0.2, 0) is 10.8 Å². The van der Waals surface area contributed by atoms with Gasteiger partial charge in [0.2, 0.25) is 0 Å². The Labute approximate surface area is 483 Å². The summed E-state index contributed by atoms with van der Waals surface area (Å²) in [6.45, 7) is 9.93. The summed E-state index contributed by atoms with van der Waals surface area (Å²) >= 11 is 0. The molecule has 0 fully saturated rings. The van der Waals surface area contributed by atoms with E-state index in [4.69, 9.17) is 4.42 Å². The molecule has 0 aliphatic heterocycles. The molecule has 390 valence electrons. The molecule has 0 saturated heterocycles. The van der Waals surface area contributed by atoms with Gasteiger partial charge in [0.15, 0.2) is 0 Å². The van der Waals surface area contributed by atoms with Crippen molar-refractivity contribution in [3.63, 3.8) is 0 Å². The molecule has 0 amide bonds. The fourth-order valence-electron chi connectivity index (χ4n) is 15.5. The summed E-state index contributed by atoms with van der Waals surface area (Å²) in [6.07, 6.45) is 0. The maximum Gasteiger partial charge on any atom is 0.144 e. The van der Waals surface area contributed by atoms with Crippen molar-refractivity contribution in [3.05, 3.63) is 289 Å². The zero-order valence-electron chi connectivity index (χ0n) is 46.8. The summed E-state index contributed by atoms with van der Waals surface area (Å²) in [5, 5.41) is 12.4. The Kier molecular flexibility index (Phi) is 10.2. The van der Waals surface area contributed by atoms with Gasteiger partial charge >= 0.3 is 0 Å². The van der Waals surface area contributed by atoms with Crippen LogP contribution in [0.25, 0.3) is 154 Å². The predicted molar refractivity (Wildman–Crippen MR) is 351 cm³/mol. The van der Waals surface area contributed by atoms with Gasteiger partial charge in [-0.3, -0.25) is 0 Å². The van der Waals surface area contributed by atoms with E-state index in [0.29, 0.717) is 0 Å². The molecule has 0 N–H and O–H groups in total. The summed E-state index contributed by atoms with van der Waals surface area (Å²) in [4.78, 5) is 0. The second-order valence-electron chi connectivity index (χ2n) is 24.1. The monoisotopic (exact) mass is 1060 g/mol. The Morgan fingerprint density at radius 1 is 0.229 bits per heavy atom. The van der Waals surface area contributed by atoms with Crippen LogP contribution in [0.1, 0.15) is 49.9 Å². The maximum absolute atomic E-state index is 7.75. The minimum absolute atomic E-state index is 0.405. The first kappa shape index (κ1) is 47.7. The Bertz CT molecular complexity index is 5120. The first-order chi connectivity index (χ1) is 40.8. The van der Waals surface area contributed by atoms with E-state index in [-0.39, 0.29) is 0 Å². The van der Waals surface area contributed by atoms with Crippen LogP contribution >= 0.6 is 0 Å². The van der Waals surface area contributed by atoms with Crippen LogP contribution in [0.2, 0.25) is 0 Å². The second kappa shape index (κ2) is 17.7. The average molecular weight is 1060 g/mol. The minimum atomic E-state index is -0.419. The SMILES string of the molecule is CC1(C)c2cc(-c3c4ccccc4c(-c4ccccc4)c4ccccc34)ccc2-c2c1c1c(c3c2oc2c(-c4ccccc4-c4ccccc4)cccc23)-c2ccc(-c3c4ccccc4c(-c4ccccc4)c4ccccc34)cc2C1(C)C. The highest BCUT2D eigenvalue weighted by molar-refractivity contribution is 6.26. The molecular formula is C82H56O. The van der Waals surface area contributed by atoms with E-state index in [2.05, 4.69) is 295 Å². The predicted octanol–water partition coefficient (Wildman–Crippen LogP) is 22.8. The molecule has 15 aromatic rings. The maximum atomic E-state index is 7.75. The normalized spacial score (nSPS) is 13.7. The number of fused-ring (bicyclic) bond motifs is 16. The molecule has 1 aromatic heterocycles. The minimum Gasteiger partial charge on any atom is -0.455 e. The molecule has 83 heavy (non-hydrogen) atoms. The fraction of sp³-hybridized carbons (Fsp3) is 0.0732. The quantitative estimate of drug-likeness (QED) is 0.151. The molecule has 14 aromatic carbocycles. The topological polar surface area (TPSA) is 13.1 Å². The third-order valence-electron chi connectivity index (χ3n) is 19.0. The summed E-state index contributed by atoms with van der Waals surface area (Å²) in [7, 11) is 0. The van der Waals surface area contributed by atoms with Gasteiger partial charge in [0, 0.05) is 32.7 Å². The molecule has 1 heteroatoms. The molecule has 1 nitrogen and oxygen atoms in total. The Balaban J connectivity index is 0.941. The molecule has 0 saturated carbocycles. The Morgan fingerprint density at radius 3 is 1.01 bits per heavy atom. The van der Waals surface area contributed by atoms with E-state index in [0.717, 1.165) is 27.7 Å². The lowest BCUT2D eigenvalue weighted by Gasteiger charge is -2.31. The molecule has 2 aliphatic rings. The number of furan rings is 1. The van der Waals surface area contributed by atoms with E-state index < -0.39 is 10.8 Å². The first-order valence-corrected chi connectivity index (χ1v) is 29.2. The van der Waals surface area contributed by atoms with Gasteiger partial charge in [-0.2, -0.15) is 0 Å². The van der Waals surface area contributed by atoms with E-state index >= 15 is 0 Å². The van der Waals surface area contributed by atoms with Crippen molar-refractivity contribution in [1.82, 2.24) is 0 Å². The number of benzene rings is 14. The van der Waals surface area contributed by atoms with Crippen LogP contribution in [-0.4, -0.2) is 0 Å². The summed E-state index contributed by atoms with van der Waals surface area (Å²) in [6, 6.07) is 99.2. The first-order valence-electron chi connectivity index (χ1n) is 29.2. The largest absolute Gasteiger partial charge is 0.455 e. The second-order valence-corrected chi connectivity index (χ2v) is 24.1. The molecule has 0 radical (unpaired) electrons. The van der Waals surface area contributed by atoms with Crippen molar-refractivity contribution >= 4 is 65.0 Å². The van der Waals surface area contributed by atoms with Crippen molar-refractivity contribution in [2.45, 2.75) is 38.5 Å². The van der Waals surface area contributed by atoms with Crippen molar-refractivity contribution in [2.75, 3.05) is 0 Å². The van der Waals surface area contributed by atoms with Gasteiger partial charge < -0.3 is 4.42 Å². The molecule has 0 bridgehead atoms. The molecule has 2 aliphatic carbocycles. The van der Waals surface area contributed by atoms with Gasteiger partial charge in [-0.05, 0) is 155 Å². The van der Waals surface area contributed by atoms with Crippen LogP contribution in [0.4, 0.5) is 0 Å². The number of hydrogen-bond acceptors (Lipinski definition) is 1. The lowest BCUT2D eigenvalue weighted by molar-refractivity contribution is 0.600. The number of para-hydroxylation sites is 1. The fourth-order valence-corrected chi connectivity index (χ4v) is 15.5. The average Bonchev–Trinajstić information content (AvgIpc) is 1.55. The smallest absolute Gasteiger partial charge is 0.144 e. The van der Waals surface area contributed by atoms with Gasteiger partial charge in [-0.1, -0.05) is 282 Å². The van der Waals surface area contributed by atoms with Gasteiger partial charge in [0.05, 0.1) is 0 Å². The van der Waals surface area contributed by atoms with E-state index in [1.54, 1.807) is 0 Å². The molecule has 0 atom stereocenters. The van der Waals surface area contributed by atoms with Crippen molar-refractivity contribution < 1.29 is 4.42 Å². The van der Waals surface area contributed by atoms with Crippen LogP contribution in [0.15, 0.2) is 271 Å². The van der Waals surface area contributed by atoms with Gasteiger partial charge in [0.25, 0.3) is 0 Å². The van der Waals surface area contributed by atoms with Gasteiger partial charge in [0.1, 0.15) is 11.2 Å². The zero-order valence-corrected chi connectivity index (χ0v) is 46.8. The van der Waals surface area contributed by atoms with Crippen molar-refractivity contribution in [2.24, 2.45) is 0 Å². The van der Waals surface area contributed by atoms with Crippen LogP contribution < -0.4 is 0 Å². The molecule has 1 heterocycles. The molecule has 0 spiro atoms. The lowest BCUT2D eigenvalue weighted by Crippen LogP contribution is -2.24. The highest BCUT2D eigenvalue weighted by Crippen LogP contribution is 2.64. The highest BCUT2D eigenvalue weighted by Gasteiger charge is 2.49. The van der Waals surface area contributed by atoms with Gasteiger partial charge in [-0.15, -0.1) is 0 Å². The number of hydrogen-bond donors (Lipinski definition) is 0. The molecule has 17 rings (SSSR count). The van der Waals surface area contributed by atoms with Crippen LogP contribution in [0.5, 0.6) is 0 Å². The molecular weight excluding hydrogens is 1000 g/mol. The highest BCUT2D eigenvalue weighted by atomic mass is 16.3. The summed E-state index contributed by atoms with van der Waals surface area (Å²) < 4.78 is 7.75. The van der Waals surface area contributed by atoms with E-state index in [9.17, 15) is 0 Å². The van der Waals surface area contributed by atoms with Crippen LogP contribution in [0.3, 0.4) is 0 Å². The Hall–Kier alpha value is -10.1. The number of rotatable bonds is 6. The molecule has 0 unspecified atom stereocenters. The summed E-state index contributed by atoms with van der Waals surface area (Å²) in [5.41, 5.74) is 26.1. The third kappa shape index (κ3) is 6.71. The van der Waals surface area contributed by atoms with E-state index in [1.165, 1.54) is 149 Å².